The van der Waals surface area contributed by atoms with Crippen LogP contribution in [0.3, 0.4) is 0 Å². The summed E-state index contributed by atoms with van der Waals surface area (Å²) in [6.07, 6.45) is 2.70. The van der Waals surface area contributed by atoms with Gasteiger partial charge in [-0.1, -0.05) is 18.2 Å². The number of hydrogen-bond acceptors (Lipinski definition) is 3. The lowest BCUT2D eigenvalue weighted by molar-refractivity contribution is 0.0552. The Balaban J connectivity index is 1.69. The molecule has 0 radical (unpaired) electrons. The van der Waals surface area contributed by atoms with Gasteiger partial charge in [0.2, 0.25) is 0 Å². The van der Waals surface area contributed by atoms with E-state index in [1.54, 1.807) is 37.3 Å². The third kappa shape index (κ3) is 4.92. The van der Waals surface area contributed by atoms with Gasteiger partial charge in [-0.3, -0.25) is 0 Å². The van der Waals surface area contributed by atoms with Gasteiger partial charge < -0.3 is 25.2 Å². The molecule has 7 nitrogen and oxygen atoms in total. The maximum absolute atomic E-state index is 13.9. The minimum atomic E-state index is -0.329. The zero-order valence-corrected chi connectivity index (χ0v) is 16.5. The molecule has 2 N–H and O–H groups in total. The maximum atomic E-state index is 13.9. The van der Waals surface area contributed by atoms with E-state index in [9.17, 15) is 14.0 Å². The molecule has 3 rings (SSSR count). The van der Waals surface area contributed by atoms with Crippen LogP contribution in [0.5, 0.6) is 0 Å². The monoisotopic (exact) mass is 392 g/mol. The predicted molar refractivity (Wildman–Crippen MR) is 103 cm³/mol. The number of halogens is 1. The molecule has 1 aliphatic heterocycles. The van der Waals surface area contributed by atoms with Gasteiger partial charge in [0, 0.05) is 51.3 Å². The number of urea groups is 2. The highest BCUT2D eigenvalue weighted by atomic mass is 19.1. The van der Waals surface area contributed by atoms with Crippen molar-refractivity contribution in [3.63, 3.8) is 0 Å². The number of likely N-dealkylation sites (tertiary alicyclic amines) is 1. The van der Waals surface area contributed by atoms with Crippen molar-refractivity contribution in [1.29, 1.82) is 0 Å². The summed E-state index contributed by atoms with van der Waals surface area (Å²) in [5, 5.41) is 5.53. The van der Waals surface area contributed by atoms with Crippen LogP contribution in [0.4, 0.5) is 14.0 Å². The Morgan fingerprint density at radius 2 is 2.00 bits per heavy atom. The topological polar surface area (TPSA) is 73.9 Å². The summed E-state index contributed by atoms with van der Waals surface area (Å²) < 4.78 is 19.2. The van der Waals surface area contributed by atoms with E-state index in [-0.39, 0.29) is 42.4 Å². The highest BCUT2D eigenvalue weighted by molar-refractivity contribution is 5.76. The molecule has 1 saturated heterocycles. The van der Waals surface area contributed by atoms with Crippen LogP contribution in [-0.2, 0) is 11.3 Å². The molecule has 1 saturated carbocycles. The number of amides is 4. The number of rotatable bonds is 6. The largest absolute Gasteiger partial charge is 0.384 e. The molecule has 4 amide bonds. The second-order valence-corrected chi connectivity index (χ2v) is 7.56. The summed E-state index contributed by atoms with van der Waals surface area (Å²) in [4.78, 5) is 28.8. The number of nitrogens with zero attached hydrogens (tertiary/aromatic N) is 2. The number of piperidine rings is 1. The minimum absolute atomic E-state index is 0.0840. The summed E-state index contributed by atoms with van der Waals surface area (Å²) in [6.45, 7) is 1.78. The van der Waals surface area contributed by atoms with Gasteiger partial charge in [-0.2, -0.15) is 0 Å². The Hall–Kier alpha value is -2.35. The Labute approximate surface area is 165 Å². The molecule has 1 aromatic carbocycles. The number of hydrogen-bond donors (Lipinski definition) is 2. The van der Waals surface area contributed by atoms with Crippen LogP contribution in [0.25, 0.3) is 0 Å². The molecule has 1 heterocycles. The molecule has 1 aliphatic carbocycles. The number of nitrogens with one attached hydrogen (secondary N) is 2. The molecule has 2 unspecified atom stereocenters. The molecule has 0 bridgehead atoms. The molecule has 8 heteroatoms. The molecule has 28 heavy (non-hydrogen) atoms. The van der Waals surface area contributed by atoms with E-state index < -0.39 is 0 Å². The number of carbonyl (C=O) groups excluding carboxylic acids is 2. The van der Waals surface area contributed by atoms with Crippen molar-refractivity contribution >= 4 is 12.1 Å². The van der Waals surface area contributed by atoms with Gasteiger partial charge in [0.15, 0.2) is 0 Å². The summed E-state index contributed by atoms with van der Waals surface area (Å²) in [7, 11) is 3.25. The fourth-order valence-electron chi connectivity index (χ4n) is 3.94. The van der Waals surface area contributed by atoms with Crippen molar-refractivity contribution < 1.29 is 18.7 Å². The molecular formula is C20H29FN4O3. The van der Waals surface area contributed by atoms with Crippen LogP contribution in [0, 0.1) is 11.7 Å². The van der Waals surface area contributed by atoms with Gasteiger partial charge in [-0.15, -0.1) is 0 Å². The quantitative estimate of drug-likeness (QED) is 0.779. The fraction of sp³-hybridized carbons (Fsp3) is 0.600. The molecule has 2 atom stereocenters. The molecule has 1 aromatic rings. The average Bonchev–Trinajstić information content (AvgIpc) is 3.52. The van der Waals surface area contributed by atoms with Gasteiger partial charge in [0.05, 0.1) is 12.6 Å². The van der Waals surface area contributed by atoms with Gasteiger partial charge in [0.1, 0.15) is 5.82 Å². The second-order valence-electron chi connectivity index (χ2n) is 7.56. The molecule has 2 aliphatic rings. The van der Waals surface area contributed by atoms with Gasteiger partial charge in [-0.25, -0.2) is 14.0 Å². The first kappa shape index (κ1) is 20.4. The Morgan fingerprint density at radius 3 is 2.64 bits per heavy atom. The van der Waals surface area contributed by atoms with Crippen LogP contribution in [0.15, 0.2) is 24.3 Å². The summed E-state index contributed by atoms with van der Waals surface area (Å²) >= 11 is 0. The van der Waals surface area contributed by atoms with Crippen LogP contribution < -0.4 is 10.6 Å². The number of ether oxygens (including phenoxy) is 1. The Bertz CT molecular complexity index is 698. The zero-order chi connectivity index (χ0) is 20.1. The van der Waals surface area contributed by atoms with E-state index in [4.69, 9.17) is 4.74 Å². The summed E-state index contributed by atoms with van der Waals surface area (Å²) in [6, 6.07) is 6.18. The normalized spacial score (nSPS) is 21.9. The van der Waals surface area contributed by atoms with E-state index in [0.29, 0.717) is 25.3 Å². The number of methoxy groups -OCH3 is 1. The van der Waals surface area contributed by atoms with Gasteiger partial charge >= 0.3 is 12.1 Å². The van der Waals surface area contributed by atoms with Gasteiger partial charge in [-0.05, 0) is 25.3 Å². The highest BCUT2D eigenvalue weighted by Crippen LogP contribution is 2.33. The molecule has 2 fully saturated rings. The van der Waals surface area contributed by atoms with Crippen LogP contribution in [0.1, 0.15) is 24.8 Å². The van der Waals surface area contributed by atoms with E-state index in [2.05, 4.69) is 10.6 Å². The van der Waals surface area contributed by atoms with Crippen molar-refractivity contribution in [2.75, 3.05) is 33.9 Å². The number of benzene rings is 1. The SMILES string of the molecule is CNC(=O)N1CC(COC)CC(N(C(=O)NCc2ccccc2F)C2CC2)C1. The summed E-state index contributed by atoms with van der Waals surface area (Å²) in [5.74, 6) is -0.161. The molecule has 0 spiro atoms. The van der Waals surface area contributed by atoms with E-state index >= 15 is 0 Å². The van der Waals surface area contributed by atoms with Crippen molar-refractivity contribution in [2.24, 2.45) is 5.92 Å². The van der Waals surface area contributed by atoms with Gasteiger partial charge in [0.25, 0.3) is 0 Å². The first-order chi connectivity index (χ1) is 13.5. The van der Waals surface area contributed by atoms with Crippen LogP contribution in [-0.4, -0.2) is 67.8 Å². The maximum Gasteiger partial charge on any atom is 0.318 e. The Kier molecular flexibility index (Phi) is 6.72. The van der Waals surface area contributed by atoms with Crippen molar-refractivity contribution in [3.8, 4) is 0 Å². The second kappa shape index (κ2) is 9.23. The zero-order valence-electron chi connectivity index (χ0n) is 16.5. The lowest BCUT2D eigenvalue weighted by Gasteiger charge is -2.42. The summed E-state index contributed by atoms with van der Waals surface area (Å²) in [5.41, 5.74) is 0.458. The lowest BCUT2D eigenvalue weighted by Crippen LogP contribution is -2.58. The standard InChI is InChI=1S/C20H29FN4O3/c1-22-19(26)24-11-14(13-28-2)9-17(12-24)25(16-7-8-16)20(27)23-10-15-5-3-4-6-18(15)21/h3-6,14,16-17H,7-13H2,1-2H3,(H,22,26)(H,23,27). The van der Waals surface area contributed by atoms with Crippen LogP contribution >= 0.6 is 0 Å². The predicted octanol–water partition coefficient (Wildman–Crippen LogP) is 2.18. The van der Waals surface area contributed by atoms with Crippen molar-refractivity contribution in [2.45, 2.75) is 37.9 Å². The molecule has 0 aromatic heterocycles. The van der Waals surface area contributed by atoms with Crippen molar-refractivity contribution in [3.05, 3.63) is 35.6 Å². The fourth-order valence-corrected chi connectivity index (χ4v) is 3.94. The van der Waals surface area contributed by atoms with E-state index in [0.717, 1.165) is 19.3 Å². The van der Waals surface area contributed by atoms with Crippen molar-refractivity contribution in [1.82, 2.24) is 20.4 Å². The smallest absolute Gasteiger partial charge is 0.318 e. The molecule has 154 valence electrons. The van der Waals surface area contributed by atoms with E-state index in [1.165, 1.54) is 6.07 Å². The highest BCUT2D eigenvalue weighted by Gasteiger charge is 2.41. The minimum Gasteiger partial charge on any atom is -0.384 e. The Morgan fingerprint density at radius 1 is 1.25 bits per heavy atom. The first-order valence-corrected chi connectivity index (χ1v) is 9.78. The first-order valence-electron chi connectivity index (χ1n) is 9.78. The average molecular weight is 392 g/mol. The third-order valence-corrected chi connectivity index (χ3v) is 5.37. The third-order valence-electron chi connectivity index (χ3n) is 5.37. The molecular weight excluding hydrogens is 363 g/mol. The van der Waals surface area contributed by atoms with E-state index in [1.807, 2.05) is 4.90 Å². The lowest BCUT2D eigenvalue weighted by atomic mass is 9.94. The number of carbonyl (C=O) groups is 2. The van der Waals surface area contributed by atoms with Crippen LogP contribution in [0.2, 0.25) is 0 Å².